The normalized spacial score (nSPS) is 19.3. The van der Waals surface area contributed by atoms with Crippen LogP contribution in [0.1, 0.15) is 52.7 Å². The number of piperazine rings is 1. The summed E-state index contributed by atoms with van der Waals surface area (Å²) in [6, 6.07) is 4.81. The molecule has 2 fully saturated rings. The summed E-state index contributed by atoms with van der Waals surface area (Å²) < 4.78 is 13.9. The molecule has 1 atom stereocenters. The number of amides is 2. The van der Waals surface area contributed by atoms with Crippen molar-refractivity contribution in [2.45, 2.75) is 45.2 Å². The van der Waals surface area contributed by atoms with Crippen LogP contribution in [0.4, 0.5) is 16.0 Å². The second-order valence-corrected chi connectivity index (χ2v) is 10.2. The van der Waals surface area contributed by atoms with Crippen molar-refractivity contribution < 1.29 is 14.0 Å². The number of carbonyl (C=O) groups excluding carboxylic acids is 2. The first-order valence-electron chi connectivity index (χ1n) is 13.1. The first-order chi connectivity index (χ1) is 18.6. The first-order valence-corrected chi connectivity index (χ1v) is 13.4. The monoisotopic (exact) mass is 559 g/mol. The number of rotatable bonds is 5. The number of aliphatic imine (C=N–C) groups is 1. The van der Waals surface area contributed by atoms with Gasteiger partial charge in [0.2, 0.25) is 0 Å². The topological polar surface area (TPSA) is 146 Å². The van der Waals surface area contributed by atoms with Gasteiger partial charge < -0.3 is 21.3 Å². The highest BCUT2D eigenvalue weighted by atomic mass is 35.5. The highest BCUT2D eigenvalue weighted by Crippen LogP contribution is 2.28. The zero-order chi connectivity index (χ0) is 28.3. The van der Waals surface area contributed by atoms with E-state index >= 15 is 0 Å². The number of nitrogen functional groups attached to an aromatic ring is 1. The van der Waals surface area contributed by atoms with Gasteiger partial charge in [-0.1, -0.05) is 18.5 Å². The third-order valence-corrected chi connectivity index (χ3v) is 7.76. The van der Waals surface area contributed by atoms with Gasteiger partial charge >= 0.3 is 0 Å². The molecule has 2 aliphatic rings. The number of hydrogen-bond donors (Lipinski definition) is 3. The average Bonchev–Trinajstić information content (AvgIpc) is 2.94. The van der Waals surface area contributed by atoms with Gasteiger partial charge in [-0.3, -0.25) is 24.8 Å². The summed E-state index contributed by atoms with van der Waals surface area (Å²) in [6.45, 7) is 7.50. The van der Waals surface area contributed by atoms with Crippen molar-refractivity contribution in [1.82, 2.24) is 25.1 Å². The summed E-state index contributed by atoms with van der Waals surface area (Å²) in [6.07, 6.45) is 2.63. The number of guanidine groups is 1. The molecule has 2 amide bonds. The van der Waals surface area contributed by atoms with Gasteiger partial charge in [-0.15, -0.1) is 0 Å². The molecule has 1 unspecified atom stereocenters. The number of piperidine rings is 1. The van der Waals surface area contributed by atoms with Crippen molar-refractivity contribution in [3.63, 3.8) is 0 Å². The van der Waals surface area contributed by atoms with Gasteiger partial charge in [0.1, 0.15) is 5.82 Å². The van der Waals surface area contributed by atoms with E-state index < -0.39 is 11.7 Å². The number of carbonyl (C=O) groups is 2. The SMILES string of the molecule is CCC1CN(c2nc(N)c(C(=O)NC(N)=NC)nc2C)CCN1C1CCN(C(=O)c2ccc(Cl)c(F)c2)CC1. The molecule has 0 radical (unpaired) electrons. The van der Waals surface area contributed by atoms with Crippen molar-refractivity contribution in [2.75, 3.05) is 50.4 Å². The van der Waals surface area contributed by atoms with Crippen LogP contribution in [-0.2, 0) is 0 Å². The van der Waals surface area contributed by atoms with Gasteiger partial charge in [0, 0.05) is 57.4 Å². The molecule has 1 aromatic carbocycles. The minimum atomic E-state index is -0.587. The summed E-state index contributed by atoms with van der Waals surface area (Å²) in [7, 11) is 1.47. The third kappa shape index (κ3) is 6.22. The molecule has 0 bridgehead atoms. The van der Waals surface area contributed by atoms with E-state index in [-0.39, 0.29) is 34.4 Å². The predicted octanol–water partition coefficient (Wildman–Crippen LogP) is 2.04. The van der Waals surface area contributed by atoms with Crippen molar-refractivity contribution in [2.24, 2.45) is 10.7 Å². The molecule has 4 rings (SSSR count). The molecule has 0 aliphatic carbocycles. The Morgan fingerprint density at radius 2 is 1.92 bits per heavy atom. The summed E-state index contributed by atoms with van der Waals surface area (Å²) in [5.41, 5.74) is 12.6. The van der Waals surface area contributed by atoms with Crippen molar-refractivity contribution in [3.05, 3.63) is 46.0 Å². The minimum Gasteiger partial charge on any atom is -0.382 e. The van der Waals surface area contributed by atoms with Crippen LogP contribution < -0.4 is 21.7 Å². The lowest BCUT2D eigenvalue weighted by atomic mass is 9.97. The zero-order valence-electron chi connectivity index (χ0n) is 22.5. The lowest BCUT2D eigenvalue weighted by Gasteiger charge is -2.47. The third-order valence-electron chi connectivity index (χ3n) is 7.46. The number of anilines is 2. The quantitative estimate of drug-likeness (QED) is 0.372. The van der Waals surface area contributed by atoms with Crippen LogP contribution >= 0.6 is 11.6 Å². The molecule has 11 nitrogen and oxygen atoms in total. The van der Waals surface area contributed by atoms with E-state index in [4.69, 9.17) is 23.1 Å². The van der Waals surface area contributed by atoms with Gasteiger partial charge in [-0.25, -0.2) is 14.4 Å². The Bertz CT molecular complexity index is 1270. The van der Waals surface area contributed by atoms with Gasteiger partial charge in [0.15, 0.2) is 23.3 Å². The maximum atomic E-state index is 13.9. The Morgan fingerprint density at radius 1 is 1.21 bits per heavy atom. The Kier molecular flexibility index (Phi) is 8.86. The number of nitrogens with zero attached hydrogens (tertiary/aromatic N) is 6. The van der Waals surface area contributed by atoms with Gasteiger partial charge in [0.25, 0.3) is 11.8 Å². The summed E-state index contributed by atoms with van der Waals surface area (Å²) in [5.74, 6) is -0.649. The first kappa shape index (κ1) is 28.5. The van der Waals surface area contributed by atoms with Crippen molar-refractivity contribution in [1.29, 1.82) is 0 Å². The molecule has 2 aromatic rings. The highest BCUT2D eigenvalue weighted by molar-refractivity contribution is 6.30. The van der Waals surface area contributed by atoms with Gasteiger partial charge in [-0.05, 0) is 44.4 Å². The van der Waals surface area contributed by atoms with E-state index in [0.29, 0.717) is 36.2 Å². The van der Waals surface area contributed by atoms with Crippen LogP contribution in [0.15, 0.2) is 23.2 Å². The fraction of sp³-hybridized carbons (Fsp3) is 0.500. The fourth-order valence-electron chi connectivity index (χ4n) is 5.34. The Morgan fingerprint density at radius 3 is 2.56 bits per heavy atom. The molecule has 0 spiro atoms. The number of aromatic nitrogens is 2. The summed E-state index contributed by atoms with van der Waals surface area (Å²) in [4.78, 5) is 44.5. The number of nitrogens with two attached hydrogens (primary N) is 2. The van der Waals surface area contributed by atoms with E-state index in [1.165, 1.54) is 19.2 Å². The largest absolute Gasteiger partial charge is 0.382 e. The van der Waals surface area contributed by atoms with Crippen LogP contribution in [0.5, 0.6) is 0 Å². The zero-order valence-corrected chi connectivity index (χ0v) is 23.2. The molecule has 2 saturated heterocycles. The molecular weight excluding hydrogens is 525 g/mol. The fourth-order valence-corrected chi connectivity index (χ4v) is 5.46. The van der Waals surface area contributed by atoms with E-state index in [0.717, 1.165) is 38.9 Å². The van der Waals surface area contributed by atoms with Crippen LogP contribution in [0, 0.1) is 12.7 Å². The molecule has 13 heteroatoms. The Labute approximate surface area is 232 Å². The van der Waals surface area contributed by atoms with Crippen LogP contribution in [-0.4, -0.2) is 89.4 Å². The second kappa shape index (κ2) is 12.1. The summed E-state index contributed by atoms with van der Waals surface area (Å²) in [5, 5.41) is 2.44. The van der Waals surface area contributed by atoms with E-state index in [2.05, 4.69) is 37.0 Å². The lowest BCUT2D eigenvalue weighted by Crippen LogP contribution is -2.59. The van der Waals surface area contributed by atoms with Gasteiger partial charge in [0.05, 0.1) is 10.7 Å². The maximum absolute atomic E-state index is 13.9. The van der Waals surface area contributed by atoms with Crippen molar-refractivity contribution >= 4 is 41.0 Å². The van der Waals surface area contributed by atoms with E-state index in [1.54, 1.807) is 11.0 Å². The second-order valence-electron chi connectivity index (χ2n) is 9.83. The number of halogens is 2. The maximum Gasteiger partial charge on any atom is 0.280 e. The number of nitrogens with one attached hydrogen (secondary N) is 1. The van der Waals surface area contributed by atoms with E-state index in [9.17, 15) is 14.0 Å². The predicted molar refractivity (Wildman–Crippen MR) is 150 cm³/mol. The molecule has 5 N–H and O–H groups in total. The smallest absolute Gasteiger partial charge is 0.280 e. The number of benzene rings is 1. The molecule has 39 heavy (non-hydrogen) atoms. The molecule has 1 aromatic heterocycles. The average molecular weight is 560 g/mol. The Hall–Kier alpha value is -3.51. The van der Waals surface area contributed by atoms with Crippen LogP contribution in [0.25, 0.3) is 0 Å². The number of likely N-dealkylation sites (tertiary alicyclic amines) is 1. The van der Waals surface area contributed by atoms with Crippen molar-refractivity contribution in [3.8, 4) is 0 Å². The highest BCUT2D eigenvalue weighted by Gasteiger charge is 2.35. The standard InChI is InChI=1S/C26H35ClFN9O2/c1-4-17-14-36(23-15(2)32-21(22(29)33-23)24(38)34-26(30)31-3)11-12-37(17)18-7-9-35(10-8-18)25(39)16-5-6-19(27)20(28)13-16/h5-6,13,17-18H,4,7-12,14H2,1-3H3,(H2,29,33)(H3,30,31,34,38). The lowest BCUT2D eigenvalue weighted by molar-refractivity contribution is 0.0490. The summed E-state index contributed by atoms with van der Waals surface area (Å²) >= 11 is 5.76. The van der Waals surface area contributed by atoms with E-state index in [1.807, 2.05) is 6.92 Å². The molecule has 0 saturated carbocycles. The molecule has 3 heterocycles. The molecular formula is C26H35ClFN9O2. The van der Waals surface area contributed by atoms with Gasteiger partial charge in [-0.2, -0.15) is 0 Å². The number of aryl methyl sites for hydroxylation is 1. The van der Waals surface area contributed by atoms with Crippen LogP contribution in [0.3, 0.4) is 0 Å². The minimum absolute atomic E-state index is 0.00689. The Balaban J connectivity index is 1.39. The van der Waals surface area contributed by atoms with Crippen LogP contribution in [0.2, 0.25) is 5.02 Å². The molecule has 210 valence electrons. The number of hydrogen-bond acceptors (Lipinski definition) is 8. The molecule has 2 aliphatic heterocycles.